The summed E-state index contributed by atoms with van der Waals surface area (Å²) in [6.45, 7) is 0.454. The van der Waals surface area contributed by atoms with Crippen LogP contribution in [0.1, 0.15) is 5.56 Å². The van der Waals surface area contributed by atoms with Crippen molar-refractivity contribution in [3.05, 3.63) is 88.5 Å². The lowest BCUT2D eigenvalue weighted by atomic mass is 10.0. The molecule has 0 spiro atoms. The molecule has 5 aromatic rings. The van der Waals surface area contributed by atoms with Gasteiger partial charge in [-0.2, -0.15) is 15.0 Å². The van der Waals surface area contributed by atoms with Gasteiger partial charge in [0, 0.05) is 22.9 Å². The van der Waals surface area contributed by atoms with Crippen LogP contribution in [0, 0.1) is 10.1 Å². The molecule has 0 bridgehead atoms. The minimum absolute atomic E-state index is 0.0781. The summed E-state index contributed by atoms with van der Waals surface area (Å²) in [6, 6.07) is 22.9. The maximum Gasteiger partial charge on any atom is 0.269 e. The summed E-state index contributed by atoms with van der Waals surface area (Å²) in [7, 11) is 0. The Morgan fingerprint density at radius 3 is 1.70 bits per heavy atom. The molecule has 0 atom stereocenters. The van der Waals surface area contributed by atoms with Crippen LogP contribution in [0.15, 0.2) is 72.8 Å². The summed E-state index contributed by atoms with van der Waals surface area (Å²) in [4.78, 5) is 12.1. The number of nitrogens with zero attached hydrogens (tertiary/aromatic N) is 4. The number of non-ortho nitro benzene ring substituents is 1. The molecule has 130 valence electrons. The lowest BCUT2D eigenvalue weighted by Crippen LogP contribution is -2.03. The fourth-order valence-electron chi connectivity index (χ4n) is 3.52. The Labute approximate surface area is 153 Å². The fraction of sp³-hybridized carbons (Fsp3) is 0.0476. The minimum atomic E-state index is -0.400. The summed E-state index contributed by atoms with van der Waals surface area (Å²) in [5.74, 6) is 0. The molecule has 27 heavy (non-hydrogen) atoms. The van der Waals surface area contributed by atoms with Gasteiger partial charge >= 0.3 is 0 Å². The molecule has 0 fully saturated rings. The largest absolute Gasteiger partial charge is 0.269 e. The zero-order valence-corrected chi connectivity index (χ0v) is 14.2. The standard InChI is InChI=1S/C21H14N4O2/c26-25(27)15-11-9-14(10-12-15)13-24-22-20-18-7-3-1-5-16(18)17-6-2-4-8-19(17)21(20)23-24/h1-12H,13H2. The van der Waals surface area contributed by atoms with E-state index in [0.717, 1.165) is 38.1 Å². The van der Waals surface area contributed by atoms with E-state index >= 15 is 0 Å². The summed E-state index contributed by atoms with van der Waals surface area (Å²) < 4.78 is 0. The molecule has 4 aromatic carbocycles. The molecule has 5 rings (SSSR count). The Bertz CT molecular complexity index is 1250. The van der Waals surface area contributed by atoms with Gasteiger partial charge in [-0.3, -0.25) is 10.1 Å². The van der Waals surface area contributed by atoms with Crippen LogP contribution >= 0.6 is 0 Å². The van der Waals surface area contributed by atoms with Gasteiger partial charge in [-0.05, 0) is 16.3 Å². The molecule has 0 aliphatic rings. The van der Waals surface area contributed by atoms with Crippen molar-refractivity contribution >= 4 is 38.3 Å². The third-order valence-corrected chi connectivity index (χ3v) is 4.78. The maximum atomic E-state index is 10.8. The molecule has 0 saturated heterocycles. The van der Waals surface area contributed by atoms with Gasteiger partial charge in [-0.25, -0.2) is 0 Å². The number of hydrogen-bond acceptors (Lipinski definition) is 4. The van der Waals surface area contributed by atoms with Gasteiger partial charge in [-0.1, -0.05) is 60.7 Å². The van der Waals surface area contributed by atoms with E-state index in [1.807, 2.05) is 24.3 Å². The Hall–Kier alpha value is -3.80. The first kappa shape index (κ1) is 15.5. The van der Waals surface area contributed by atoms with E-state index in [2.05, 4.69) is 24.3 Å². The quantitative estimate of drug-likeness (QED) is 0.267. The molecule has 0 amide bonds. The molecule has 6 heteroatoms. The molecule has 1 aromatic heterocycles. The lowest BCUT2D eigenvalue weighted by molar-refractivity contribution is -0.384. The third kappa shape index (κ3) is 2.50. The first-order chi connectivity index (χ1) is 13.2. The number of rotatable bonds is 3. The highest BCUT2D eigenvalue weighted by molar-refractivity contribution is 6.22. The zero-order chi connectivity index (χ0) is 18.4. The van der Waals surface area contributed by atoms with E-state index in [9.17, 15) is 10.1 Å². The van der Waals surface area contributed by atoms with Crippen LogP contribution in [-0.4, -0.2) is 19.9 Å². The van der Waals surface area contributed by atoms with Gasteiger partial charge in [0.1, 0.15) is 11.0 Å². The molecule has 0 aliphatic carbocycles. The summed E-state index contributed by atoms with van der Waals surface area (Å²) in [5.41, 5.74) is 2.72. The zero-order valence-electron chi connectivity index (χ0n) is 14.2. The number of benzene rings is 4. The smallest absolute Gasteiger partial charge is 0.258 e. The monoisotopic (exact) mass is 354 g/mol. The summed E-state index contributed by atoms with van der Waals surface area (Å²) in [6.07, 6.45) is 0. The SMILES string of the molecule is O=[N+]([O-])c1ccc(Cn2nc3c4ccccc4c4ccccc4c3n2)cc1. The van der Waals surface area contributed by atoms with Gasteiger partial charge in [0.2, 0.25) is 0 Å². The average Bonchev–Trinajstić information content (AvgIpc) is 3.13. The van der Waals surface area contributed by atoms with Gasteiger partial charge in [0.15, 0.2) is 0 Å². The van der Waals surface area contributed by atoms with Crippen LogP contribution in [0.4, 0.5) is 5.69 Å². The number of aromatic nitrogens is 3. The van der Waals surface area contributed by atoms with Gasteiger partial charge in [0.25, 0.3) is 5.69 Å². The van der Waals surface area contributed by atoms with Crippen LogP contribution in [0.3, 0.4) is 0 Å². The van der Waals surface area contributed by atoms with Crippen LogP contribution in [0.2, 0.25) is 0 Å². The lowest BCUT2D eigenvalue weighted by Gasteiger charge is -2.04. The van der Waals surface area contributed by atoms with Crippen molar-refractivity contribution in [2.75, 3.05) is 0 Å². The molecule has 6 nitrogen and oxygen atoms in total. The third-order valence-electron chi connectivity index (χ3n) is 4.78. The van der Waals surface area contributed by atoms with Crippen molar-refractivity contribution in [1.82, 2.24) is 15.0 Å². The van der Waals surface area contributed by atoms with Gasteiger partial charge in [-0.15, -0.1) is 0 Å². The molecule has 0 N–H and O–H groups in total. The number of nitro groups is 1. The molecule has 0 aliphatic heterocycles. The van der Waals surface area contributed by atoms with Crippen molar-refractivity contribution in [3.63, 3.8) is 0 Å². The molecule has 1 heterocycles. The fourth-order valence-corrected chi connectivity index (χ4v) is 3.52. The van der Waals surface area contributed by atoms with Crippen LogP contribution in [0.5, 0.6) is 0 Å². The second-order valence-electron chi connectivity index (χ2n) is 6.44. The highest BCUT2D eigenvalue weighted by Gasteiger charge is 2.13. The highest BCUT2D eigenvalue weighted by Crippen LogP contribution is 2.32. The van der Waals surface area contributed by atoms with Crippen LogP contribution < -0.4 is 0 Å². The van der Waals surface area contributed by atoms with Crippen molar-refractivity contribution in [2.45, 2.75) is 6.54 Å². The van der Waals surface area contributed by atoms with Crippen molar-refractivity contribution in [3.8, 4) is 0 Å². The number of fused-ring (bicyclic) bond motifs is 6. The van der Waals surface area contributed by atoms with E-state index in [1.165, 1.54) is 12.1 Å². The molecule has 0 unspecified atom stereocenters. The summed E-state index contributed by atoms with van der Waals surface area (Å²) in [5, 5.41) is 24.7. The van der Waals surface area contributed by atoms with E-state index in [4.69, 9.17) is 10.2 Å². The Kier molecular flexibility index (Phi) is 3.36. The summed E-state index contributed by atoms with van der Waals surface area (Å²) >= 11 is 0. The number of hydrogen-bond donors (Lipinski definition) is 0. The first-order valence-corrected chi connectivity index (χ1v) is 8.58. The van der Waals surface area contributed by atoms with E-state index in [0.29, 0.717) is 6.54 Å². The Balaban J connectivity index is 1.68. The normalized spacial score (nSPS) is 11.4. The molecular formula is C21H14N4O2. The first-order valence-electron chi connectivity index (χ1n) is 8.58. The predicted octanol–water partition coefficient (Wildman–Crippen LogP) is 4.69. The van der Waals surface area contributed by atoms with Crippen LogP contribution in [-0.2, 0) is 6.54 Å². The molecule has 0 saturated carbocycles. The Morgan fingerprint density at radius 2 is 1.22 bits per heavy atom. The van der Waals surface area contributed by atoms with Crippen molar-refractivity contribution < 1.29 is 4.92 Å². The highest BCUT2D eigenvalue weighted by atomic mass is 16.6. The average molecular weight is 354 g/mol. The van der Waals surface area contributed by atoms with E-state index < -0.39 is 4.92 Å². The Morgan fingerprint density at radius 1 is 0.741 bits per heavy atom. The van der Waals surface area contributed by atoms with Gasteiger partial charge < -0.3 is 0 Å². The molecule has 0 radical (unpaired) electrons. The van der Waals surface area contributed by atoms with Gasteiger partial charge in [0.05, 0.1) is 11.5 Å². The predicted molar refractivity (Wildman–Crippen MR) is 105 cm³/mol. The van der Waals surface area contributed by atoms with Crippen LogP contribution in [0.25, 0.3) is 32.6 Å². The second-order valence-corrected chi connectivity index (χ2v) is 6.44. The topological polar surface area (TPSA) is 73.8 Å². The van der Waals surface area contributed by atoms with Crippen molar-refractivity contribution in [2.24, 2.45) is 0 Å². The van der Waals surface area contributed by atoms with E-state index in [-0.39, 0.29) is 5.69 Å². The number of nitro benzene ring substituents is 1. The minimum Gasteiger partial charge on any atom is -0.258 e. The van der Waals surface area contributed by atoms with Crippen molar-refractivity contribution in [1.29, 1.82) is 0 Å². The maximum absolute atomic E-state index is 10.8. The molecular weight excluding hydrogens is 340 g/mol. The second kappa shape index (κ2) is 5.88. The van der Waals surface area contributed by atoms with E-state index in [1.54, 1.807) is 16.9 Å².